The summed E-state index contributed by atoms with van der Waals surface area (Å²) in [6.07, 6.45) is 0.954. The average Bonchev–Trinajstić information content (AvgIpc) is 3.69. The number of phenols is 2. The minimum atomic E-state index is -1.50. The van der Waals surface area contributed by atoms with Crippen LogP contribution in [0, 0.1) is 12.0 Å². The van der Waals surface area contributed by atoms with Gasteiger partial charge >= 0.3 is 0 Å². The number of likely N-dealkylation sites (tertiary alicyclic amines) is 1. The Kier molecular flexibility index (Phi) is 12.4. The number of ketones is 1. The number of carbonyl (C=O) groups excluding carboxylic acids is 4. The first kappa shape index (κ1) is 38.1. The number of hydrogen-bond donors (Lipinski definition) is 5. The van der Waals surface area contributed by atoms with Crippen molar-refractivity contribution < 1.29 is 86.4 Å². The van der Waals surface area contributed by atoms with E-state index >= 15 is 0 Å². The second-order valence-electron chi connectivity index (χ2n) is 11.7. The van der Waals surface area contributed by atoms with Gasteiger partial charge in [0, 0.05) is 74.2 Å². The van der Waals surface area contributed by atoms with Crippen molar-refractivity contribution in [1.82, 2.24) is 15.2 Å². The number of oxime groups is 1. The van der Waals surface area contributed by atoms with Crippen LogP contribution in [0.2, 0.25) is 0 Å². The number of rotatable bonds is 14. The molecule has 49 heavy (non-hydrogen) atoms. The summed E-state index contributed by atoms with van der Waals surface area (Å²) in [7, 11) is 0. The van der Waals surface area contributed by atoms with Crippen LogP contribution in [0.4, 0.5) is 5.13 Å². The smallest absolute Gasteiger partial charge is 0.251 e. The first-order chi connectivity index (χ1) is 22.8. The zero-order valence-corrected chi connectivity index (χ0v) is 30.8. The number of β-lactam (4-membered cyclic amide) rings is 1. The Morgan fingerprint density at radius 1 is 1.22 bits per heavy atom. The van der Waals surface area contributed by atoms with E-state index in [-0.39, 0.29) is 85.0 Å². The van der Waals surface area contributed by atoms with Crippen molar-refractivity contribution in [2.75, 3.05) is 44.2 Å². The number of thioether (sulfide) groups is 1. The largest absolute Gasteiger partial charge is 0.543 e. The van der Waals surface area contributed by atoms with E-state index in [0.29, 0.717) is 23.1 Å². The molecule has 2 fully saturated rings. The number of amides is 2. The number of hydrogen-bond acceptors (Lipinski definition) is 14. The number of benzene rings is 1. The molecule has 6 N–H and O–H groups in total. The number of quaternary nitrogens is 1. The zero-order valence-electron chi connectivity index (χ0n) is 26.3. The van der Waals surface area contributed by atoms with Gasteiger partial charge in [-0.3, -0.25) is 24.1 Å². The molecule has 259 valence electrons. The quantitative estimate of drug-likeness (QED) is 0.0424. The van der Waals surface area contributed by atoms with E-state index in [1.165, 1.54) is 34.2 Å². The molecule has 2 atom stereocenters. The molecule has 2 unspecified atom stereocenters. The number of carboxylic acids is 2. The molecule has 2 aromatic rings. The molecule has 3 aliphatic heterocycles. The van der Waals surface area contributed by atoms with Crippen molar-refractivity contribution in [2.24, 2.45) is 11.1 Å². The second-order valence-corrected chi connectivity index (χ2v) is 13.7. The molecule has 2 amide bonds. The van der Waals surface area contributed by atoms with Crippen molar-refractivity contribution in [3.05, 3.63) is 52.2 Å². The summed E-state index contributed by atoms with van der Waals surface area (Å²) in [5.41, 5.74) is 5.93. The fourth-order valence-corrected chi connectivity index (χ4v) is 8.01. The maximum atomic E-state index is 13.4. The summed E-state index contributed by atoms with van der Waals surface area (Å²) in [6.45, 7) is 3.70. The van der Waals surface area contributed by atoms with Gasteiger partial charge in [-0.2, -0.15) is 0 Å². The fourth-order valence-electron chi connectivity index (χ4n) is 6.06. The number of Topliss-reactive ketones (excluding diaryl/α,β-unsaturated/α-hetero) is 1. The molecule has 0 saturated carbocycles. The number of aromatic hydroxyl groups is 2. The van der Waals surface area contributed by atoms with Crippen molar-refractivity contribution in [3.63, 3.8) is 0 Å². The number of nitrogens with one attached hydrogen (secondary N) is 1. The average molecular weight is 791 g/mol. The number of carbonyl (C=O) groups is 5. The normalized spacial score (nSPS) is 19.7. The van der Waals surface area contributed by atoms with E-state index in [0.717, 1.165) is 50.3 Å². The number of nitrogen functional groups attached to an aromatic ring is 1. The Labute approximate surface area is 313 Å². The standard InChI is InChI=1S/C30H34N6O10S2.Y/c1-15(28(42)43)46-34-23(19-14-48-30(31)33-19)22(39)11-18-26(41)35-24(29(44)45)17(13-47-27(18)35)12-36(7-2-3-8-36)9-6-32-25(40)16-4-5-20(37)21(38)10-16;/h4-5,10,14,18,27,37-38H,2-3,6-9,11-13H2,1H3,(H2,31,33)(H,32,40)(H,42,43)(H,44,45);/p-1/b34-23-;. The minimum Gasteiger partial charge on any atom is -0.543 e. The number of fused-ring (bicyclic) bond motifs is 1. The van der Waals surface area contributed by atoms with Crippen LogP contribution in [0.5, 0.6) is 11.5 Å². The molecule has 4 heterocycles. The van der Waals surface area contributed by atoms with E-state index in [9.17, 15) is 39.3 Å². The number of thiazole rings is 1. The molecule has 0 bridgehead atoms. The maximum absolute atomic E-state index is 13.4. The Balaban J connectivity index is 0.00000541. The molecule has 0 aliphatic carbocycles. The summed E-state index contributed by atoms with van der Waals surface area (Å²) >= 11 is 2.36. The Morgan fingerprint density at radius 3 is 2.55 bits per heavy atom. The third-order valence-electron chi connectivity index (χ3n) is 8.51. The first-order valence-electron chi connectivity index (χ1n) is 14.9. The van der Waals surface area contributed by atoms with Crippen molar-refractivity contribution in [2.45, 2.75) is 31.6 Å². The van der Waals surface area contributed by atoms with Gasteiger partial charge in [0.15, 0.2) is 28.1 Å². The number of phenolic OH excluding ortho intramolecular Hbond substituents is 2. The van der Waals surface area contributed by atoms with Crippen LogP contribution in [0.1, 0.15) is 42.2 Å². The van der Waals surface area contributed by atoms with Gasteiger partial charge in [0.2, 0.25) is 11.9 Å². The van der Waals surface area contributed by atoms with E-state index in [2.05, 4.69) is 15.5 Å². The molecule has 3 aliphatic rings. The monoisotopic (exact) mass is 790 g/mol. The molecule has 1 aromatic carbocycles. The third-order valence-corrected chi connectivity index (χ3v) is 10.6. The van der Waals surface area contributed by atoms with Gasteiger partial charge < -0.3 is 45.6 Å². The maximum Gasteiger partial charge on any atom is 0.251 e. The molecule has 1 aromatic heterocycles. The van der Waals surface area contributed by atoms with Crippen LogP contribution in [-0.2, 0) is 56.7 Å². The summed E-state index contributed by atoms with van der Waals surface area (Å²) in [5, 5.41) is 48.2. The minimum absolute atomic E-state index is 0. The van der Waals surface area contributed by atoms with Crippen LogP contribution < -0.4 is 16.2 Å². The van der Waals surface area contributed by atoms with Crippen molar-refractivity contribution >= 4 is 63.5 Å². The van der Waals surface area contributed by atoms with Gasteiger partial charge in [-0.05, 0) is 18.2 Å². The van der Waals surface area contributed by atoms with Crippen LogP contribution in [-0.4, -0.2) is 109 Å². The van der Waals surface area contributed by atoms with Crippen molar-refractivity contribution in [3.8, 4) is 11.5 Å². The topological polar surface area (TPSA) is 245 Å². The summed E-state index contributed by atoms with van der Waals surface area (Å²) in [5.74, 6) is -5.91. The molecule has 2 saturated heterocycles. The van der Waals surface area contributed by atoms with Crippen molar-refractivity contribution in [1.29, 1.82) is 0 Å². The number of nitrogens with zero attached hydrogens (tertiary/aromatic N) is 4. The van der Waals surface area contributed by atoms with Crippen LogP contribution in [0.3, 0.4) is 0 Å². The molecule has 19 heteroatoms. The second kappa shape index (κ2) is 15.9. The molecule has 0 spiro atoms. The first-order valence-corrected chi connectivity index (χ1v) is 16.8. The van der Waals surface area contributed by atoms with Gasteiger partial charge in [-0.1, -0.05) is 6.10 Å². The predicted octanol–water partition coefficient (Wildman–Crippen LogP) is 0.0263. The number of aliphatic carboxylic acids is 2. The molecule has 1 radical (unpaired) electrons. The predicted molar refractivity (Wildman–Crippen MR) is 170 cm³/mol. The summed E-state index contributed by atoms with van der Waals surface area (Å²) < 4.78 is 0.492. The van der Waals surface area contributed by atoms with Crippen LogP contribution in [0.15, 0.2) is 40.0 Å². The van der Waals surface area contributed by atoms with Gasteiger partial charge in [-0.25, -0.2) is 4.98 Å². The summed E-state index contributed by atoms with van der Waals surface area (Å²) in [4.78, 5) is 73.1. The van der Waals surface area contributed by atoms with Crippen LogP contribution in [0.25, 0.3) is 0 Å². The van der Waals surface area contributed by atoms with E-state index in [1.807, 2.05) is 0 Å². The molecular weight excluding hydrogens is 757 g/mol. The third kappa shape index (κ3) is 8.37. The van der Waals surface area contributed by atoms with E-state index in [4.69, 9.17) is 15.7 Å². The van der Waals surface area contributed by atoms with Gasteiger partial charge in [0.05, 0.1) is 49.1 Å². The number of anilines is 1. The Morgan fingerprint density at radius 2 is 1.94 bits per heavy atom. The molecule has 16 nitrogen and oxygen atoms in total. The molecule has 5 rings (SSSR count). The summed E-state index contributed by atoms with van der Waals surface area (Å²) in [6, 6.07) is 3.77. The molecular formula is C30H33N6O10S2Y-. The number of aromatic nitrogens is 1. The van der Waals surface area contributed by atoms with E-state index in [1.54, 1.807) is 0 Å². The Hall–Kier alpha value is -3.71. The van der Waals surface area contributed by atoms with Gasteiger partial charge in [0.1, 0.15) is 12.2 Å². The number of carboxylic acid groups (broad SMARTS) is 2. The van der Waals surface area contributed by atoms with Gasteiger partial charge in [0.25, 0.3) is 5.91 Å². The number of nitrogens with two attached hydrogens (primary N) is 1. The van der Waals surface area contributed by atoms with E-state index < -0.39 is 52.7 Å². The fraction of sp³-hybridized carbons (Fsp3) is 0.400. The van der Waals surface area contributed by atoms with Gasteiger partial charge in [-0.15, -0.1) is 35.2 Å². The zero-order chi connectivity index (χ0) is 34.7. The Bertz CT molecular complexity index is 1710. The SMILES string of the molecule is C[C-](O/N=C(\C(=O)CC1C(=O)N2C(C(=O)[O-])=C(C[N+]3(CCNC(=O)c4ccc(O)c(O)c4)CCCC3)CSC12)c1csc(N)n1)C(=O)O.[Y]. The van der Waals surface area contributed by atoms with Crippen LogP contribution >= 0.6 is 23.1 Å².